The van der Waals surface area contributed by atoms with E-state index in [1.54, 1.807) is 0 Å². The average molecular weight is 236 g/mol. The van der Waals surface area contributed by atoms with E-state index in [0.717, 1.165) is 19.3 Å². The summed E-state index contributed by atoms with van der Waals surface area (Å²) >= 11 is 0. The van der Waals surface area contributed by atoms with E-state index < -0.39 is 9.28 Å². The summed E-state index contributed by atoms with van der Waals surface area (Å²) in [6.45, 7) is 9.31. The van der Waals surface area contributed by atoms with Crippen LogP contribution in [0.1, 0.15) is 25.0 Å². The van der Waals surface area contributed by atoms with Crippen LogP contribution < -0.4 is 0 Å². The quantitative estimate of drug-likeness (QED) is 0.678. The molecule has 1 aromatic rings. The van der Waals surface area contributed by atoms with Crippen LogP contribution in [-0.4, -0.2) is 22.5 Å². The lowest BCUT2D eigenvalue weighted by Gasteiger charge is -2.15. The van der Waals surface area contributed by atoms with Gasteiger partial charge in [-0.15, -0.1) is 0 Å². The summed E-state index contributed by atoms with van der Waals surface area (Å²) in [5.41, 5.74) is 2.45. The van der Waals surface area contributed by atoms with Gasteiger partial charge in [0, 0.05) is 19.3 Å². The van der Waals surface area contributed by atoms with Crippen molar-refractivity contribution >= 4 is 15.4 Å². The van der Waals surface area contributed by atoms with E-state index >= 15 is 0 Å². The van der Waals surface area contributed by atoms with E-state index in [4.69, 9.17) is 8.85 Å². The zero-order valence-electron chi connectivity index (χ0n) is 10.1. The summed E-state index contributed by atoms with van der Waals surface area (Å²) in [5.74, 6) is 0. The first-order chi connectivity index (χ1) is 7.81. The van der Waals surface area contributed by atoms with E-state index in [1.165, 1.54) is 11.1 Å². The maximum absolute atomic E-state index is 5.67. The SMILES string of the molecule is C=Cc1ccccc1C[SiH](OCC)OCC. The van der Waals surface area contributed by atoms with Gasteiger partial charge in [0.2, 0.25) is 0 Å². The highest BCUT2D eigenvalue weighted by molar-refractivity contribution is 6.43. The molecular weight excluding hydrogens is 216 g/mol. The normalized spacial score (nSPS) is 10.7. The molecule has 0 aromatic heterocycles. The minimum Gasteiger partial charge on any atom is -0.397 e. The van der Waals surface area contributed by atoms with Gasteiger partial charge < -0.3 is 8.85 Å². The van der Waals surface area contributed by atoms with E-state index in [2.05, 4.69) is 18.7 Å². The van der Waals surface area contributed by atoms with E-state index in [1.807, 2.05) is 32.1 Å². The van der Waals surface area contributed by atoms with Crippen molar-refractivity contribution in [3.8, 4) is 0 Å². The number of hydrogen-bond acceptors (Lipinski definition) is 2. The molecular formula is C13H20O2Si. The fraction of sp³-hybridized carbons (Fsp3) is 0.385. The van der Waals surface area contributed by atoms with Crippen molar-refractivity contribution in [2.75, 3.05) is 13.2 Å². The zero-order chi connectivity index (χ0) is 11.8. The summed E-state index contributed by atoms with van der Waals surface area (Å²) in [6.07, 6.45) is 1.89. The van der Waals surface area contributed by atoms with Crippen molar-refractivity contribution in [1.29, 1.82) is 0 Å². The number of benzene rings is 1. The first-order valence-electron chi connectivity index (χ1n) is 5.75. The highest BCUT2D eigenvalue weighted by Gasteiger charge is 2.14. The highest BCUT2D eigenvalue weighted by Crippen LogP contribution is 2.12. The molecule has 0 saturated carbocycles. The largest absolute Gasteiger partial charge is 0.397 e. The lowest BCUT2D eigenvalue weighted by Crippen LogP contribution is -2.26. The zero-order valence-corrected chi connectivity index (χ0v) is 11.3. The van der Waals surface area contributed by atoms with Crippen molar-refractivity contribution < 1.29 is 8.85 Å². The molecule has 0 amide bonds. The smallest absolute Gasteiger partial charge is 0.325 e. The molecule has 0 aliphatic rings. The summed E-state index contributed by atoms with van der Waals surface area (Å²) in [4.78, 5) is 0. The Hall–Kier alpha value is -0.903. The molecule has 1 aromatic carbocycles. The average Bonchev–Trinajstić information content (AvgIpc) is 2.30. The summed E-state index contributed by atoms with van der Waals surface area (Å²) in [6, 6.07) is 9.18. The Balaban J connectivity index is 2.71. The minimum atomic E-state index is -1.55. The summed E-state index contributed by atoms with van der Waals surface area (Å²) in [5, 5.41) is 0. The molecule has 0 saturated heterocycles. The van der Waals surface area contributed by atoms with Gasteiger partial charge >= 0.3 is 9.28 Å². The monoisotopic (exact) mass is 236 g/mol. The van der Waals surface area contributed by atoms with Gasteiger partial charge in [-0.2, -0.15) is 0 Å². The summed E-state index contributed by atoms with van der Waals surface area (Å²) < 4.78 is 11.3. The van der Waals surface area contributed by atoms with Crippen LogP contribution in [-0.2, 0) is 14.9 Å². The Morgan fingerprint density at radius 3 is 2.38 bits per heavy atom. The Bertz CT molecular complexity index is 319. The molecule has 0 radical (unpaired) electrons. The molecule has 0 heterocycles. The third kappa shape index (κ3) is 3.93. The second-order valence-corrected chi connectivity index (χ2v) is 5.38. The molecule has 1 rings (SSSR count). The fourth-order valence-electron chi connectivity index (χ4n) is 1.64. The molecule has 0 aliphatic heterocycles. The van der Waals surface area contributed by atoms with E-state index in [-0.39, 0.29) is 0 Å². The van der Waals surface area contributed by atoms with E-state index in [0.29, 0.717) is 0 Å². The summed E-state index contributed by atoms with van der Waals surface area (Å²) in [7, 11) is -1.55. The van der Waals surface area contributed by atoms with Gasteiger partial charge in [0.15, 0.2) is 0 Å². The molecule has 16 heavy (non-hydrogen) atoms. The Morgan fingerprint density at radius 1 is 1.19 bits per heavy atom. The Kier molecular flexibility index (Phi) is 6.07. The fourth-order valence-corrected chi connectivity index (χ4v) is 3.44. The topological polar surface area (TPSA) is 18.5 Å². The van der Waals surface area contributed by atoms with Crippen LogP contribution >= 0.6 is 0 Å². The first-order valence-corrected chi connectivity index (χ1v) is 7.51. The van der Waals surface area contributed by atoms with Crippen molar-refractivity contribution in [3.05, 3.63) is 42.0 Å². The molecule has 0 atom stereocenters. The Labute approximate surface area is 99.7 Å². The Morgan fingerprint density at radius 2 is 1.81 bits per heavy atom. The predicted molar refractivity (Wildman–Crippen MR) is 70.6 cm³/mol. The van der Waals surface area contributed by atoms with Gasteiger partial charge in [0.25, 0.3) is 0 Å². The van der Waals surface area contributed by atoms with Crippen LogP contribution in [0.25, 0.3) is 6.08 Å². The van der Waals surface area contributed by atoms with Gasteiger partial charge in [0.1, 0.15) is 0 Å². The number of hydrogen-bond donors (Lipinski definition) is 0. The lowest BCUT2D eigenvalue weighted by molar-refractivity contribution is 0.213. The first kappa shape index (κ1) is 13.2. The van der Waals surface area contributed by atoms with Crippen LogP contribution in [0.2, 0.25) is 0 Å². The second-order valence-electron chi connectivity index (χ2n) is 3.45. The van der Waals surface area contributed by atoms with E-state index in [9.17, 15) is 0 Å². The molecule has 0 N–H and O–H groups in total. The van der Waals surface area contributed by atoms with Crippen molar-refractivity contribution in [2.24, 2.45) is 0 Å². The molecule has 0 aliphatic carbocycles. The van der Waals surface area contributed by atoms with Gasteiger partial charge in [-0.3, -0.25) is 0 Å². The predicted octanol–water partition coefficient (Wildman–Crippen LogP) is 2.70. The van der Waals surface area contributed by atoms with Crippen LogP contribution in [0, 0.1) is 0 Å². The van der Waals surface area contributed by atoms with Gasteiger partial charge in [-0.1, -0.05) is 36.9 Å². The minimum absolute atomic E-state index is 0.729. The maximum Gasteiger partial charge on any atom is 0.325 e. The van der Waals surface area contributed by atoms with Crippen LogP contribution in [0.4, 0.5) is 0 Å². The maximum atomic E-state index is 5.67. The molecule has 3 heteroatoms. The van der Waals surface area contributed by atoms with Crippen molar-refractivity contribution in [3.63, 3.8) is 0 Å². The van der Waals surface area contributed by atoms with Crippen molar-refractivity contribution in [2.45, 2.75) is 19.9 Å². The lowest BCUT2D eigenvalue weighted by atomic mass is 10.1. The number of rotatable bonds is 7. The molecule has 0 fully saturated rings. The third-order valence-electron chi connectivity index (χ3n) is 2.37. The van der Waals surface area contributed by atoms with Crippen LogP contribution in [0.15, 0.2) is 30.8 Å². The second kappa shape index (κ2) is 7.38. The molecule has 0 unspecified atom stereocenters. The molecule has 88 valence electrons. The van der Waals surface area contributed by atoms with Crippen LogP contribution in [0.3, 0.4) is 0 Å². The van der Waals surface area contributed by atoms with Crippen molar-refractivity contribution in [1.82, 2.24) is 0 Å². The highest BCUT2D eigenvalue weighted by atomic mass is 28.3. The van der Waals surface area contributed by atoms with Gasteiger partial charge in [0.05, 0.1) is 0 Å². The molecule has 0 bridgehead atoms. The molecule has 2 nitrogen and oxygen atoms in total. The third-order valence-corrected chi connectivity index (χ3v) is 4.55. The standard InChI is InChI=1S/C13H20O2Si/c1-4-12-9-7-8-10-13(12)11-16(14-5-2)15-6-3/h4,7-10,16H,1,5-6,11H2,2-3H3. The van der Waals surface area contributed by atoms with Crippen LogP contribution in [0.5, 0.6) is 0 Å². The van der Waals surface area contributed by atoms with Gasteiger partial charge in [-0.25, -0.2) is 0 Å². The molecule has 0 spiro atoms. The van der Waals surface area contributed by atoms with Gasteiger partial charge in [-0.05, 0) is 25.0 Å².